The van der Waals surface area contributed by atoms with Crippen molar-refractivity contribution in [1.29, 1.82) is 5.26 Å². The fraction of sp³-hybridized carbons (Fsp3) is 0.353. The third-order valence-corrected chi connectivity index (χ3v) is 4.44. The van der Waals surface area contributed by atoms with E-state index in [4.69, 9.17) is 10.00 Å². The monoisotopic (exact) mass is 402 g/mol. The number of nitro groups is 1. The van der Waals surface area contributed by atoms with Gasteiger partial charge in [0.1, 0.15) is 12.8 Å². The molecule has 0 aliphatic rings. The van der Waals surface area contributed by atoms with Gasteiger partial charge in [-0.2, -0.15) is 5.26 Å². The Labute approximate surface area is 165 Å². The van der Waals surface area contributed by atoms with E-state index in [1.807, 2.05) is 24.0 Å². The number of nitrogens with zero attached hydrogens (tertiary/aromatic N) is 6. The van der Waals surface area contributed by atoms with Crippen LogP contribution in [0.1, 0.15) is 18.9 Å². The van der Waals surface area contributed by atoms with Crippen LogP contribution in [0.25, 0.3) is 0 Å². The van der Waals surface area contributed by atoms with E-state index in [0.717, 1.165) is 28.8 Å². The van der Waals surface area contributed by atoms with Crippen molar-refractivity contribution >= 4 is 38.8 Å². The van der Waals surface area contributed by atoms with E-state index in [1.54, 1.807) is 6.07 Å². The molecule has 0 saturated carbocycles. The Morgan fingerprint density at radius 3 is 2.82 bits per heavy atom. The van der Waals surface area contributed by atoms with Crippen molar-refractivity contribution < 1.29 is 14.5 Å². The lowest BCUT2D eigenvalue weighted by Crippen LogP contribution is -2.29. The summed E-state index contributed by atoms with van der Waals surface area (Å²) in [4.78, 5) is 26.9. The van der Waals surface area contributed by atoms with Gasteiger partial charge >= 0.3 is 11.0 Å². The van der Waals surface area contributed by atoms with Gasteiger partial charge in [-0.15, -0.1) is 10.2 Å². The van der Waals surface area contributed by atoms with Crippen LogP contribution in [0, 0.1) is 28.4 Å². The number of carbonyl (C=O) groups excluding carboxylic acids is 1. The molecular weight excluding hydrogens is 384 g/mol. The number of thiazole rings is 1. The number of anilines is 1. The van der Waals surface area contributed by atoms with Crippen LogP contribution in [0.2, 0.25) is 0 Å². The third-order valence-electron chi connectivity index (χ3n) is 3.61. The molecule has 0 spiro atoms. The van der Waals surface area contributed by atoms with E-state index in [9.17, 15) is 14.9 Å². The predicted octanol–water partition coefficient (Wildman–Crippen LogP) is 4.06. The van der Waals surface area contributed by atoms with Crippen LogP contribution in [0.4, 0.5) is 21.5 Å². The predicted molar refractivity (Wildman–Crippen MR) is 103 cm³/mol. The normalized spacial score (nSPS) is 10.6. The van der Waals surface area contributed by atoms with Crippen LogP contribution in [0.3, 0.4) is 0 Å². The quantitative estimate of drug-likeness (QED) is 0.267. The Kier molecular flexibility index (Phi) is 7.53. The lowest BCUT2D eigenvalue weighted by molar-refractivity contribution is -0.380. The molecule has 0 bridgehead atoms. The summed E-state index contributed by atoms with van der Waals surface area (Å²) in [6.45, 7) is 4.40. The zero-order valence-corrected chi connectivity index (χ0v) is 16.2. The van der Waals surface area contributed by atoms with E-state index in [1.165, 1.54) is 6.92 Å². The van der Waals surface area contributed by atoms with Gasteiger partial charge < -0.3 is 9.64 Å². The van der Waals surface area contributed by atoms with Gasteiger partial charge in [0.15, 0.2) is 0 Å². The first-order valence-corrected chi connectivity index (χ1v) is 9.10. The van der Waals surface area contributed by atoms with Crippen LogP contribution >= 0.6 is 11.3 Å². The largest absolute Gasteiger partial charge is 0.464 e. The Morgan fingerprint density at radius 1 is 1.43 bits per heavy atom. The molecule has 2 aromatic rings. The first kappa shape index (κ1) is 20.9. The summed E-state index contributed by atoms with van der Waals surface area (Å²) >= 11 is 0.844. The van der Waals surface area contributed by atoms with Crippen molar-refractivity contribution in [1.82, 2.24) is 4.98 Å². The zero-order valence-electron chi connectivity index (χ0n) is 15.4. The van der Waals surface area contributed by atoms with Crippen LogP contribution in [0.5, 0.6) is 0 Å². The molecule has 0 radical (unpaired) electrons. The number of carbonyl (C=O) groups is 1. The highest BCUT2D eigenvalue weighted by molar-refractivity contribution is 7.18. The molecule has 2 rings (SSSR count). The number of aryl methyl sites for hydroxylation is 1. The first-order chi connectivity index (χ1) is 13.4. The third kappa shape index (κ3) is 6.10. The number of azo groups is 1. The number of hydrogen-bond acceptors (Lipinski definition) is 10. The molecule has 28 heavy (non-hydrogen) atoms. The average molecular weight is 402 g/mol. The highest BCUT2D eigenvalue weighted by atomic mass is 32.1. The number of ether oxygens (including phenoxy) is 1. The topological polar surface area (TPSA) is 134 Å². The summed E-state index contributed by atoms with van der Waals surface area (Å²) in [5, 5.41) is 27.7. The maximum Gasteiger partial charge on any atom is 0.345 e. The second-order valence-corrected chi connectivity index (χ2v) is 6.63. The molecular formula is C17H18N6O4S. The van der Waals surface area contributed by atoms with E-state index in [-0.39, 0.29) is 22.7 Å². The lowest BCUT2D eigenvalue weighted by atomic mass is 10.1. The smallest absolute Gasteiger partial charge is 0.345 e. The maximum absolute atomic E-state index is 10.9. The summed E-state index contributed by atoms with van der Waals surface area (Å²) in [5.41, 5.74) is 2.30. The molecule has 0 aliphatic heterocycles. The van der Waals surface area contributed by atoms with Crippen molar-refractivity contribution in [3.63, 3.8) is 0 Å². The molecule has 0 fully saturated rings. The summed E-state index contributed by atoms with van der Waals surface area (Å²) in [6, 6.07) is 7.59. The number of hydrogen-bond donors (Lipinski definition) is 0. The highest BCUT2D eigenvalue weighted by Gasteiger charge is 2.12. The number of esters is 1. The van der Waals surface area contributed by atoms with Crippen molar-refractivity contribution in [2.75, 3.05) is 24.6 Å². The standard InChI is InChI=1S/C17H18N6O4S/c1-12-10-14(22(7-3-6-18)8-9-27-13(2)24)4-5-15(12)20-21-17-19-11-16(28-17)23(25)26/h4-5,10-11H,3,7-9H2,1-2H3. The summed E-state index contributed by atoms with van der Waals surface area (Å²) in [6.07, 6.45) is 1.48. The van der Waals surface area contributed by atoms with Gasteiger partial charge in [0.2, 0.25) is 5.13 Å². The molecule has 146 valence electrons. The van der Waals surface area contributed by atoms with Gasteiger partial charge in [0.25, 0.3) is 0 Å². The minimum absolute atomic E-state index is 0.0954. The van der Waals surface area contributed by atoms with E-state index in [2.05, 4.69) is 21.3 Å². The fourth-order valence-electron chi connectivity index (χ4n) is 2.29. The lowest BCUT2D eigenvalue weighted by Gasteiger charge is -2.24. The maximum atomic E-state index is 10.9. The second-order valence-electron chi connectivity index (χ2n) is 5.64. The van der Waals surface area contributed by atoms with Gasteiger partial charge in [0.05, 0.1) is 29.6 Å². The summed E-state index contributed by atoms with van der Waals surface area (Å²) in [7, 11) is 0. The minimum atomic E-state index is -0.525. The van der Waals surface area contributed by atoms with Gasteiger partial charge in [-0.1, -0.05) is 0 Å². The van der Waals surface area contributed by atoms with Crippen molar-refractivity contribution in [3.8, 4) is 6.07 Å². The molecule has 11 heteroatoms. The molecule has 10 nitrogen and oxygen atoms in total. The van der Waals surface area contributed by atoms with E-state index in [0.29, 0.717) is 25.2 Å². The van der Waals surface area contributed by atoms with Crippen LogP contribution in [-0.2, 0) is 9.53 Å². The molecule has 0 atom stereocenters. The average Bonchev–Trinajstić information content (AvgIpc) is 3.12. The molecule has 1 heterocycles. The van der Waals surface area contributed by atoms with Crippen LogP contribution in [0.15, 0.2) is 34.6 Å². The Hall–Kier alpha value is -3.39. The molecule has 0 aliphatic carbocycles. The highest BCUT2D eigenvalue weighted by Crippen LogP contribution is 2.30. The molecule has 1 aromatic heterocycles. The van der Waals surface area contributed by atoms with Crippen LogP contribution < -0.4 is 4.90 Å². The molecule has 0 unspecified atom stereocenters. The zero-order chi connectivity index (χ0) is 20.5. The number of benzene rings is 1. The van der Waals surface area contributed by atoms with Gasteiger partial charge in [-0.25, -0.2) is 4.98 Å². The number of rotatable bonds is 9. The van der Waals surface area contributed by atoms with Gasteiger partial charge in [-0.05, 0) is 42.0 Å². The first-order valence-electron chi connectivity index (χ1n) is 8.28. The summed E-state index contributed by atoms with van der Waals surface area (Å²) in [5.74, 6) is -0.352. The van der Waals surface area contributed by atoms with Gasteiger partial charge in [-0.3, -0.25) is 14.9 Å². The Balaban J connectivity index is 2.12. The van der Waals surface area contributed by atoms with E-state index >= 15 is 0 Å². The molecule has 0 N–H and O–H groups in total. The van der Waals surface area contributed by atoms with Crippen molar-refractivity contribution in [2.24, 2.45) is 10.2 Å². The van der Waals surface area contributed by atoms with E-state index < -0.39 is 4.92 Å². The van der Waals surface area contributed by atoms with Crippen molar-refractivity contribution in [3.05, 3.63) is 40.1 Å². The molecule has 0 amide bonds. The SMILES string of the molecule is CC(=O)OCCN(CCC#N)c1ccc(N=Nc2ncc([N+](=O)[O-])s2)c(C)c1. The minimum Gasteiger partial charge on any atom is -0.464 e. The number of nitriles is 1. The van der Waals surface area contributed by atoms with Crippen LogP contribution in [-0.4, -0.2) is 35.6 Å². The fourth-order valence-corrected chi connectivity index (χ4v) is 2.84. The molecule has 0 saturated heterocycles. The molecule has 1 aromatic carbocycles. The van der Waals surface area contributed by atoms with Gasteiger partial charge in [0, 0.05) is 19.2 Å². The van der Waals surface area contributed by atoms with Crippen molar-refractivity contribution in [2.45, 2.75) is 20.3 Å². The Morgan fingerprint density at radius 2 is 2.21 bits per heavy atom. The number of aromatic nitrogens is 1. The second kappa shape index (κ2) is 10.1. The summed E-state index contributed by atoms with van der Waals surface area (Å²) < 4.78 is 4.98. The Bertz CT molecular complexity index is 921.